The number of aromatic nitrogens is 2. The maximum absolute atomic E-state index is 5.95. The molecule has 1 aromatic carbocycles. The first-order valence-electron chi connectivity index (χ1n) is 4.53. The Bertz CT molecular complexity index is 473. The van der Waals surface area contributed by atoms with Crippen LogP contribution in [0.5, 0.6) is 0 Å². The van der Waals surface area contributed by atoms with Gasteiger partial charge in [-0.1, -0.05) is 11.6 Å². The van der Waals surface area contributed by atoms with E-state index in [4.69, 9.17) is 17.3 Å². The molecule has 0 saturated heterocycles. The molecule has 3 nitrogen and oxygen atoms in total. The van der Waals surface area contributed by atoms with Crippen molar-refractivity contribution in [3.05, 3.63) is 23.2 Å². The Labute approximate surface area is 87.5 Å². The minimum Gasteiger partial charge on any atom is -0.383 e. The number of nitrogens with two attached hydrogens (primary N) is 1. The van der Waals surface area contributed by atoms with Crippen molar-refractivity contribution >= 4 is 28.3 Å². The van der Waals surface area contributed by atoms with E-state index >= 15 is 0 Å². The molecule has 4 heteroatoms. The number of nitrogen functional groups attached to an aromatic ring is 1. The fourth-order valence-electron chi connectivity index (χ4n) is 1.49. The van der Waals surface area contributed by atoms with Crippen LogP contribution in [0.25, 0.3) is 10.9 Å². The van der Waals surface area contributed by atoms with Crippen molar-refractivity contribution in [1.29, 1.82) is 0 Å². The van der Waals surface area contributed by atoms with Crippen LogP contribution in [-0.4, -0.2) is 9.78 Å². The molecule has 0 saturated carbocycles. The lowest BCUT2D eigenvalue weighted by atomic mass is 10.2. The minimum atomic E-state index is 0.265. The number of anilines is 1. The van der Waals surface area contributed by atoms with Gasteiger partial charge in [0.25, 0.3) is 0 Å². The van der Waals surface area contributed by atoms with E-state index in [1.54, 1.807) is 4.68 Å². The summed E-state index contributed by atoms with van der Waals surface area (Å²) in [5, 5.41) is 6.03. The van der Waals surface area contributed by atoms with Crippen LogP contribution in [0.3, 0.4) is 0 Å². The molecule has 14 heavy (non-hydrogen) atoms. The SMILES string of the molecule is CC(C)n1nc2cc(Cl)ccc2c1N. The van der Waals surface area contributed by atoms with Crippen LogP contribution < -0.4 is 5.73 Å². The van der Waals surface area contributed by atoms with Gasteiger partial charge in [-0.25, -0.2) is 4.68 Å². The summed E-state index contributed by atoms with van der Waals surface area (Å²) in [6, 6.07) is 5.82. The molecular formula is C10H12ClN3. The summed E-state index contributed by atoms with van der Waals surface area (Å²) in [4.78, 5) is 0. The van der Waals surface area contributed by atoms with Gasteiger partial charge in [-0.05, 0) is 32.0 Å². The van der Waals surface area contributed by atoms with E-state index in [0.29, 0.717) is 10.8 Å². The molecule has 0 atom stereocenters. The third kappa shape index (κ3) is 1.34. The zero-order valence-corrected chi connectivity index (χ0v) is 8.92. The number of halogens is 1. The van der Waals surface area contributed by atoms with Crippen molar-refractivity contribution in [2.45, 2.75) is 19.9 Å². The van der Waals surface area contributed by atoms with Gasteiger partial charge in [0.2, 0.25) is 0 Å². The molecule has 0 aliphatic carbocycles. The Hall–Kier alpha value is -1.22. The van der Waals surface area contributed by atoms with Crippen LogP contribution in [0.4, 0.5) is 5.82 Å². The predicted octanol–water partition coefficient (Wildman–Crippen LogP) is 2.85. The van der Waals surface area contributed by atoms with Crippen molar-refractivity contribution in [3.63, 3.8) is 0 Å². The van der Waals surface area contributed by atoms with Crippen molar-refractivity contribution in [1.82, 2.24) is 9.78 Å². The number of benzene rings is 1. The van der Waals surface area contributed by atoms with Crippen molar-refractivity contribution in [2.75, 3.05) is 5.73 Å². The van der Waals surface area contributed by atoms with E-state index in [1.165, 1.54) is 0 Å². The zero-order valence-electron chi connectivity index (χ0n) is 8.16. The molecule has 0 amide bonds. The zero-order chi connectivity index (χ0) is 10.3. The average molecular weight is 210 g/mol. The Balaban J connectivity index is 2.73. The van der Waals surface area contributed by atoms with Crippen molar-refractivity contribution in [2.24, 2.45) is 0 Å². The van der Waals surface area contributed by atoms with Gasteiger partial charge < -0.3 is 5.73 Å². The summed E-state index contributed by atoms with van der Waals surface area (Å²) >= 11 is 5.87. The number of nitrogens with zero attached hydrogens (tertiary/aromatic N) is 2. The van der Waals surface area contributed by atoms with Crippen LogP contribution >= 0.6 is 11.6 Å². The molecule has 74 valence electrons. The van der Waals surface area contributed by atoms with Gasteiger partial charge >= 0.3 is 0 Å². The normalized spacial score (nSPS) is 11.4. The number of hydrogen-bond donors (Lipinski definition) is 1. The van der Waals surface area contributed by atoms with Gasteiger partial charge in [0.05, 0.1) is 5.52 Å². The van der Waals surface area contributed by atoms with Crippen LogP contribution in [0, 0.1) is 0 Å². The van der Waals surface area contributed by atoms with Gasteiger partial charge in [0.1, 0.15) is 5.82 Å². The van der Waals surface area contributed by atoms with E-state index in [0.717, 1.165) is 10.9 Å². The van der Waals surface area contributed by atoms with Crippen LogP contribution in [0.1, 0.15) is 19.9 Å². The topological polar surface area (TPSA) is 43.8 Å². The Morgan fingerprint density at radius 2 is 2.14 bits per heavy atom. The standard InChI is InChI=1S/C10H12ClN3/c1-6(2)14-10(12)8-4-3-7(11)5-9(8)13-14/h3-6H,12H2,1-2H3. The molecule has 0 bridgehead atoms. The number of fused-ring (bicyclic) bond motifs is 1. The molecule has 0 spiro atoms. The van der Waals surface area contributed by atoms with E-state index < -0.39 is 0 Å². The summed E-state index contributed by atoms with van der Waals surface area (Å²) in [6.07, 6.45) is 0. The highest BCUT2D eigenvalue weighted by Gasteiger charge is 2.10. The third-order valence-electron chi connectivity index (χ3n) is 2.19. The molecular weight excluding hydrogens is 198 g/mol. The molecule has 0 aliphatic heterocycles. The van der Waals surface area contributed by atoms with E-state index in [1.807, 2.05) is 32.0 Å². The molecule has 0 radical (unpaired) electrons. The lowest BCUT2D eigenvalue weighted by molar-refractivity contribution is 0.545. The molecule has 0 unspecified atom stereocenters. The first-order valence-corrected chi connectivity index (χ1v) is 4.90. The van der Waals surface area contributed by atoms with E-state index in [9.17, 15) is 0 Å². The van der Waals surface area contributed by atoms with Gasteiger partial charge in [-0.3, -0.25) is 0 Å². The van der Waals surface area contributed by atoms with E-state index in [2.05, 4.69) is 5.10 Å². The Morgan fingerprint density at radius 1 is 1.43 bits per heavy atom. The number of rotatable bonds is 1. The molecule has 0 aliphatic rings. The van der Waals surface area contributed by atoms with Crippen LogP contribution in [0.15, 0.2) is 18.2 Å². The van der Waals surface area contributed by atoms with Crippen LogP contribution in [0.2, 0.25) is 5.02 Å². The van der Waals surface area contributed by atoms with Gasteiger partial charge in [0, 0.05) is 16.5 Å². The van der Waals surface area contributed by atoms with Crippen LogP contribution in [-0.2, 0) is 0 Å². The lowest BCUT2D eigenvalue weighted by Crippen LogP contribution is -2.06. The summed E-state index contributed by atoms with van der Waals surface area (Å²) in [6.45, 7) is 4.09. The van der Waals surface area contributed by atoms with Crippen molar-refractivity contribution < 1.29 is 0 Å². The summed E-state index contributed by atoms with van der Waals surface area (Å²) in [5.41, 5.74) is 6.80. The summed E-state index contributed by atoms with van der Waals surface area (Å²) < 4.78 is 1.81. The quantitative estimate of drug-likeness (QED) is 0.785. The smallest absolute Gasteiger partial charge is 0.129 e. The first kappa shape index (κ1) is 9.34. The summed E-state index contributed by atoms with van der Waals surface area (Å²) in [5.74, 6) is 0.701. The maximum Gasteiger partial charge on any atom is 0.129 e. The van der Waals surface area contributed by atoms with E-state index in [-0.39, 0.29) is 6.04 Å². The molecule has 2 rings (SSSR count). The maximum atomic E-state index is 5.95. The number of hydrogen-bond acceptors (Lipinski definition) is 2. The summed E-state index contributed by atoms with van der Waals surface area (Å²) in [7, 11) is 0. The van der Waals surface area contributed by atoms with Gasteiger partial charge in [0.15, 0.2) is 0 Å². The second kappa shape index (κ2) is 3.17. The fraction of sp³-hybridized carbons (Fsp3) is 0.300. The molecule has 1 heterocycles. The lowest BCUT2D eigenvalue weighted by Gasteiger charge is -2.06. The molecule has 2 aromatic rings. The molecule has 1 aromatic heterocycles. The third-order valence-corrected chi connectivity index (χ3v) is 2.42. The predicted molar refractivity (Wildman–Crippen MR) is 59.5 cm³/mol. The average Bonchev–Trinajstić information content (AvgIpc) is 2.43. The largest absolute Gasteiger partial charge is 0.383 e. The minimum absolute atomic E-state index is 0.265. The Morgan fingerprint density at radius 3 is 2.79 bits per heavy atom. The highest BCUT2D eigenvalue weighted by Crippen LogP contribution is 2.25. The van der Waals surface area contributed by atoms with Gasteiger partial charge in [-0.15, -0.1) is 0 Å². The Kier molecular flexibility index (Phi) is 2.11. The molecule has 2 N–H and O–H groups in total. The van der Waals surface area contributed by atoms with Gasteiger partial charge in [-0.2, -0.15) is 5.10 Å². The second-order valence-corrected chi connectivity index (χ2v) is 4.02. The monoisotopic (exact) mass is 209 g/mol. The molecule has 0 fully saturated rings. The second-order valence-electron chi connectivity index (χ2n) is 3.59. The first-order chi connectivity index (χ1) is 6.59. The van der Waals surface area contributed by atoms with Crippen molar-refractivity contribution in [3.8, 4) is 0 Å². The highest BCUT2D eigenvalue weighted by atomic mass is 35.5. The fourth-order valence-corrected chi connectivity index (χ4v) is 1.66. The highest BCUT2D eigenvalue weighted by molar-refractivity contribution is 6.31.